The lowest BCUT2D eigenvalue weighted by molar-refractivity contribution is -0.145. The van der Waals surface area contributed by atoms with Crippen LogP contribution < -0.4 is 5.32 Å². The third kappa shape index (κ3) is 4.72. The maximum atomic E-state index is 12.5. The topological polar surface area (TPSA) is 72.5 Å². The first-order valence-electron chi connectivity index (χ1n) is 8.94. The Kier molecular flexibility index (Phi) is 6.37. The highest BCUT2D eigenvalue weighted by Gasteiger charge is 2.22. The van der Waals surface area contributed by atoms with Gasteiger partial charge in [0.05, 0.1) is 10.6 Å². The number of nitrogens with one attached hydrogen (secondary N) is 1. The summed E-state index contributed by atoms with van der Waals surface area (Å²) in [4.78, 5) is 36.6. The largest absolute Gasteiger partial charge is 0.453 e. The van der Waals surface area contributed by atoms with E-state index in [0.717, 1.165) is 19.3 Å². The molecule has 2 aromatic carbocycles. The summed E-state index contributed by atoms with van der Waals surface area (Å²) in [7, 11) is 0. The molecule has 1 aliphatic carbocycles. The molecule has 1 amide bonds. The molecule has 0 radical (unpaired) electrons. The molecule has 0 heterocycles. The second kappa shape index (κ2) is 8.76. The summed E-state index contributed by atoms with van der Waals surface area (Å²) in [6.07, 6.45) is 2.15. The molecule has 0 aromatic heterocycles. The number of Topliss-reactive ketones (excluding diaryl/α,β-unsaturated/α-hetero) is 1. The Bertz CT molecular complexity index is 942. The summed E-state index contributed by atoms with van der Waals surface area (Å²) in [5, 5.41) is 3.01. The molecule has 1 aliphatic rings. The van der Waals surface area contributed by atoms with Crippen molar-refractivity contribution in [2.24, 2.45) is 0 Å². The van der Waals surface area contributed by atoms with Crippen molar-refractivity contribution in [3.05, 3.63) is 68.7 Å². The summed E-state index contributed by atoms with van der Waals surface area (Å²) < 4.78 is 5.16. The second-order valence-corrected chi connectivity index (χ2v) is 7.48. The number of hydrogen-bond donors (Lipinski definition) is 1. The molecule has 28 heavy (non-hydrogen) atoms. The fourth-order valence-electron chi connectivity index (χ4n) is 3.17. The minimum absolute atomic E-state index is 0.179. The minimum Gasteiger partial charge on any atom is -0.453 e. The van der Waals surface area contributed by atoms with Crippen LogP contribution in [0.1, 0.15) is 45.2 Å². The second-order valence-electron chi connectivity index (χ2n) is 6.64. The number of benzene rings is 2. The van der Waals surface area contributed by atoms with E-state index >= 15 is 0 Å². The summed E-state index contributed by atoms with van der Waals surface area (Å²) >= 11 is 11.8. The number of carbonyl (C=O) groups is 3. The van der Waals surface area contributed by atoms with Crippen LogP contribution >= 0.6 is 23.2 Å². The van der Waals surface area contributed by atoms with Crippen molar-refractivity contribution in [2.75, 3.05) is 6.54 Å². The SMILES string of the molecule is CC(OC(=O)CNC(=O)c1ccc(Cl)cc1Cl)C(=O)c1ccc2c(c1)CCC2. The number of carbonyl (C=O) groups excluding carboxylic acids is 3. The predicted octanol–water partition coefficient (Wildman–Crippen LogP) is 4.03. The van der Waals surface area contributed by atoms with Gasteiger partial charge in [-0.05, 0) is 61.6 Å². The number of amides is 1. The van der Waals surface area contributed by atoms with E-state index in [1.807, 2.05) is 12.1 Å². The molecule has 2 aromatic rings. The highest BCUT2D eigenvalue weighted by atomic mass is 35.5. The van der Waals surface area contributed by atoms with E-state index in [1.165, 1.54) is 36.2 Å². The number of hydrogen-bond acceptors (Lipinski definition) is 4. The molecule has 0 spiro atoms. The lowest BCUT2D eigenvalue weighted by atomic mass is 10.0. The molecule has 0 bridgehead atoms. The van der Waals surface area contributed by atoms with E-state index in [-0.39, 0.29) is 22.9 Å². The van der Waals surface area contributed by atoms with Gasteiger partial charge < -0.3 is 10.1 Å². The molecule has 0 saturated carbocycles. The van der Waals surface area contributed by atoms with Crippen molar-refractivity contribution in [3.63, 3.8) is 0 Å². The standard InChI is InChI=1S/C21H19Cl2NO4/c1-12(20(26)15-6-5-13-3-2-4-14(13)9-15)28-19(25)11-24-21(27)17-8-7-16(22)10-18(17)23/h5-10,12H,2-4,11H2,1H3,(H,24,27). The van der Waals surface area contributed by atoms with Crippen molar-refractivity contribution in [3.8, 4) is 0 Å². The molecule has 0 fully saturated rings. The predicted molar refractivity (Wildman–Crippen MR) is 107 cm³/mol. The van der Waals surface area contributed by atoms with E-state index in [2.05, 4.69) is 5.32 Å². The number of ether oxygens (including phenoxy) is 1. The van der Waals surface area contributed by atoms with E-state index in [1.54, 1.807) is 6.07 Å². The number of fused-ring (bicyclic) bond motifs is 1. The first kappa shape index (κ1) is 20.4. The van der Waals surface area contributed by atoms with Crippen molar-refractivity contribution >= 4 is 40.9 Å². The van der Waals surface area contributed by atoms with Gasteiger partial charge in [0, 0.05) is 10.6 Å². The lowest BCUT2D eigenvalue weighted by Crippen LogP contribution is -2.34. The zero-order valence-electron chi connectivity index (χ0n) is 15.3. The zero-order valence-corrected chi connectivity index (χ0v) is 16.8. The van der Waals surface area contributed by atoms with Gasteiger partial charge in [-0.15, -0.1) is 0 Å². The minimum atomic E-state index is -0.942. The molecular weight excluding hydrogens is 401 g/mol. The number of aryl methyl sites for hydroxylation is 2. The molecule has 146 valence electrons. The van der Waals surface area contributed by atoms with Gasteiger partial charge in [-0.2, -0.15) is 0 Å². The van der Waals surface area contributed by atoms with Gasteiger partial charge in [0.15, 0.2) is 6.10 Å². The van der Waals surface area contributed by atoms with Crippen LogP contribution in [0.2, 0.25) is 10.0 Å². The smallest absolute Gasteiger partial charge is 0.326 e. The van der Waals surface area contributed by atoms with Crippen LogP contribution in [0.15, 0.2) is 36.4 Å². The van der Waals surface area contributed by atoms with E-state index in [0.29, 0.717) is 10.6 Å². The Labute approximate surface area is 173 Å². The molecule has 3 rings (SSSR count). The molecule has 0 saturated heterocycles. The Morgan fingerprint density at radius 1 is 1.07 bits per heavy atom. The van der Waals surface area contributed by atoms with Gasteiger partial charge >= 0.3 is 5.97 Å². The monoisotopic (exact) mass is 419 g/mol. The van der Waals surface area contributed by atoms with Gasteiger partial charge in [-0.3, -0.25) is 14.4 Å². The van der Waals surface area contributed by atoms with Gasteiger partial charge in [0.25, 0.3) is 5.91 Å². The lowest BCUT2D eigenvalue weighted by Gasteiger charge is -2.14. The fourth-order valence-corrected chi connectivity index (χ4v) is 3.67. The summed E-state index contributed by atoms with van der Waals surface area (Å²) in [5.74, 6) is -1.51. The highest BCUT2D eigenvalue weighted by Crippen LogP contribution is 2.24. The molecular formula is C21H19Cl2NO4. The number of rotatable bonds is 6. The van der Waals surface area contributed by atoms with Crippen molar-refractivity contribution in [2.45, 2.75) is 32.3 Å². The van der Waals surface area contributed by atoms with Crippen LogP contribution in [-0.4, -0.2) is 30.3 Å². The Morgan fingerprint density at radius 2 is 1.82 bits per heavy atom. The van der Waals surface area contributed by atoms with E-state index in [9.17, 15) is 14.4 Å². The van der Waals surface area contributed by atoms with Crippen LogP contribution in [0.3, 0.4) is 0 Å². The van der Waals surface area contributed by atoms with Gasteiger partial charge in [-0.25, -0.2) is 0 Å². The van der Waals surface area contributed by atoms with Gasteiger partial charge in [0.1, 0.15) is 6.54 Å². The quantitative estimate of drug-likeness (QED) is 0.566. The fraction of sp³-hybridized carbons (Fsp3) is 0.286. The summed E-state index contributed by atoms with van der Waals surface area (Å²) in [5.41, 5.74) is 3.17. The molecule has 0 aliphatic heterocycles. The third-order valence-corrected chi connectivity index (χ3v) is 5.18. The molecule has 5 nitrogen and oxygen atoms in total. The normalized spacial score (nSPS) is 13.5. The van der Waals surface area contributed by atoms with Gasteiger partial charge in [0.2, 0.25) is 5.78 Å². The average Bonchev–Trinajstić information content (AvgIpc) is 3.13. The maximum absolute atomic E-state index is 12.5. The van der Waals surface area contributed by atoms with Crippen LogP contribution in [0.25, 0.3) is 0 Å². The number of halogens is 2. The molecule has 1 unspecified atom stereocenters. The Morgan fingerprint density at radius 3 is 2.57 bits per heavy atom. The van der Waals surface area contributed by atoms with Gasteiger partial charge in [-0.1, -0.05) is 35.3 Å². The van der Waals surface area contributed by atoms with Crippen LogP contribution in [-0.2, 0) is 22.4 Å². The Balaban J connectivity index is 1.54. The Hall–Kier alpha value is -2.37. The number of ketones is 1. The first-order chi connectivity index (χ1) is 13.3. The van der Waals surface area contributed by atoms with E-state index < -0.39 is 18.0 Å². The molecule has 1 N–H and O–H groups in total. The van der Waals surface area contributed by atoms with Crippen LogP contribution in [0.4, 0.5) is 0 Å². The molecule has 7 heteroatoms. The summed E-state index contributed by atoms with van der Waals surface area (Å²) in [6, 6.07) is 10.0. The van der Waals surface area contributed by atoms with E-state index in [4.69, 9.17) is 27.9 Å². The number of esters is 1. The van der Waals surface area contributed by atoms with Crippen LogP contribution in [0, 0.1) is 0 Å². The summed E-state index contributed by atoms with van der Waals surface area (Å²) in [6.45, 7) is 1.14. The van der Waals surface area contributed by atoms with Crippen molar-refractivity contribution < 1.29 is 19.1 Å². The third-order valence-electron chi connectivity index (χ3n) is 4.63. The maximum Gasteiger partial charge on any atom is 0.326 e. The zero-order chi connectivity index (χ0) is 20.3. The van der Waals surface area contributed by atoms with Crippen molar-refractivity contribution in [1.82, 2.24) is 5.32 Å². The average molecular weight is 420 g/mol. The first-order valence-corrected chi connectivity index (χ1v) is 9.69. The molecule has 1 atom stereocenters. The highest BCUT2D eigenvalue weighted by molar-refractivity contribution is 6.36. The van der Waals surface area contributed by atoms with Crippen molar-refractivity contribution in [1.29, 1.82) is 0 Å². The van der Waals surface area contributed by atoms with Crippen LogP contribution in [0.5, 0.6) is 0 Å².